The van der Waals surface area contributed by atoms with Crippen molar-refractivity contribution in [2.24, 2.45) is 5.73 Å². The van der Waals surface area contributed by atoms with Crippen molar-refractivity contribution in [2.45, 2.75) is 45.8 Å². The summed E-state index contributed by atoms with van der Waals surface area (Å²) < 4.78 is 5.20. The fourth-order valence-electron chi connectivity index (χ4n) is 2.05. The van der Waals surface area contributed by atoms with E-state index in [9.17, 15) is 9.90 Å². The van der Waals surface area contributed by atoms with E-state index in [1.807, 2.05) is 49.4 Å². The molecule has 1 rings (SSSR count). The first-order chi connectivity index (χ1) is 11.2. The average Bonchev–Trinajstić information content (AvgIpc) is 2.51. The second-order valence-electron chi connectivity index (χ2n) is 6.73. The number of amides is 1. The highest BCUT2D eigenvalue weighted by atomic mass is 16.6. The first-order valence-corrected chi connectivity index (χ1v) is 8.00. The van der Waals surface area contributed by atoms with Crippen molar-refractivity contribution in [1.82, 2.24) is 5.32 Å². The Morgan fingerprint density at radius 1 is 1.29 bits per heavy atom. The summed E-state index contributed by atoms with van der Waals surface area (Å²) in [6.07, 6.45) is 3.69. The second kappa shape index (κ2) is 9.13. The van der Waals surface area contributed by atoms with Crippen molar-refractivity contribution < 1.29 is 14.6 Å². The maximum absolute atomic E-state index is 11.8. The molecule has 4 N–H and O–H groups in total. The second-order valence-corrected chi connectivity index (χ2v) is 6.73. The van der Waals surface area contributed by atoms with Crippen LogP contribution in [0.25, 0.3) is 5.70 Å². The lowest BCUT2D eigenvalue weighted by Crippen LogP contribution is -2.41. The normalized spacial score (nSPS) is 14.2. The number of carbonyl (C=O) groups excluding carboxylic acids is 1. The summed E-state index contributed by atoms with van der Waals surface area (Å²) in [6, 6.07) is 9.28. The van der Waals surface area contributed by atoms with Crippen LogP contribution < -0.4 is 11.1 Å². The van der Waals surface area contributed by atoms with E-state index < -0.39 is 17.7 Å². The van der Waals surface area contributed by atoms with Gasteiger partial charge in [-0.2, -0.15) is 0 Å². The minimum Gasteiger partial charge on any atom is -0.444 e. The van der Waals surface area contributed by atoms with Gasteiger partial charge in [-0.15, -0.1) is 0 Å². The number of nitrogens with one attached hydrogen (secondary N) is 1. The van der Waals surface area contributed by atoms with Crippen molar-refractivity contribution in [2.75, 3.05) is 6.61 Å². The van der Waals surface area contributed by atoms with Crippen LogP contribution in [-0.4, -0.2) is 29.4 Å². The van der Waals surface area contributed by atoms with Gasteiger partial charge in [-0.25, -0.2) is 4.79 Å². The van der Waals surface area contributed by atoms with E-state index in [1.165, 1.54) is 0 Å². The molecule has 24 heavy (non-hydrogen) atoms. The molecule has 0 heterocycles. The van der Waals surface area contributed by atoms with Gasteiger partial charge in [0.2, 0.25) is 0 Å². The summed E-state index contributed by atoms with van der Waals surface area (Å²) >= 11 is 0. The summed E-state index contributed by atoms with van der Waals surface area (Å²) in [5.74, 6) is 0. The molecule has 132 valence electrons. The van der Waals surface area contributed by atoms with Gasteiger partial charge in [-0.1, -0.05) is 42.0 Å². The molecule has 5 heteroatoms. The Bertz CT molecular complexity index is 586. The molecular formula is C19H28N2O3. The number of carbonyl (C=O) groups is 1. The molecule has 1 unspecified atom stereocenters. The molecule has 0 aliphatic rings. The summed E-state index contributed by atoms with van der Waals surface area (Å²) in [7, 11) is 0. The molecule has 0 radical (unpaired) electrons. The van der Waals surface area contributed by atoms with Crippen LogP contribution in [0, 0.1) is 0 Å². The minimum atomic E-state index is -0.568. The first-order valence-electron chi connectivity index (χ1n) is 8.00. The lowest BCUT2D eigenvalue weighted by molar-refractivity contribution is 0.0483. The van der Waals surface area contributed by atoms with Gasteiger partial charge in [-0.3, -0.25) is 0 Å². The van der Waals surface area contributed by atoms with Gasteiger partial charge in [-0.05, 0) is 45.8 Å². The Labute approximate surface area is 144 Å². The molecule has 0 fully saturated rings. The Morgan fingerprint density at radius 3 is 2.46 bits per heavy atom. The maximum atomic E-state index is 11.8. The summed E-state index contributed by atoms with van der Waals surface area (Å²) in [5, 5.41) is 12.1. The maximum Gasteiger partial charge on any atom is 0.407 e. The highest BCUT2D eigenvalue weighted by Gasteiger charge is 2.19. The summed E-state index contributed by atoms with van der Waals surface area (Å²) in [6.45, 7) is 7.14. The van der Waals surface area contributed by atoms with Crippen molar-refractivity contribution in [1.29, 1.82) is 0 Å². The van der Waals surface area contributed by atoms with Gasteiger partial charge in [0.25, 0.3) is 0 Å². The fourth-order valence-corrected chi connectivity index (χ4v) is 2.05. The SMILES string of the molecule is C/C(=C\C=C(/N)c1ccccc1)CC(CO)NC(=O)OC(C)(C)C. The summed E-state index contributed by atoms with van der Waals surface area (Å²) in [4.78, 5) is 11.8. The number of benzene rings is 1. The van der Waals surface area contributed by atoms with Crippen molar-refractivity contribution >= 4 is 11.8 Å². The standard InChI is InChI=1S/C19H28N2O3/c1-14(10-11-17(20)15-8-6-5-7-9-15)12-16(13-22)21-18(23)24-19(2,3)4/h5-11,16,22H,12-13,20H2,1-4H3,(H,21,23)/b14-10+,17-11-. The third-order valence-corrected chi connectivity index (χ3v) is 3.16. The molecule has 0 aliphatic carbocycles. The van der Waals surface area contributed by atoms with E-state index in [4.69, 9.17) is 10.5 Å². The number of allylic oxidation sites excluding steroid dienone is 2. The third-order valence-electron chi connectivity index (χ3n) is 3.16. The lowest BCUT2D eigenvalue weighted by Gasteiger charge is -2.22. The van der Waals surface area contributed by atoms with E-state index in [-0.39, 0.29) is 6.61 Å². The number of hydrogen-bond acceptors (Lipinski definition) is 4. The predicted octanol–water partition coefficient (Wildman–Crippen LogP) is 3.21. The number of nitrogens with two attached hydrogens (primary N) is 1. The third kappa shape index (κ3) is 7.83. The molecular weight excluding hydrogens is 304 g/mol. The van der Waals surface area contributed by atoms with E-state index in [1.54, 1.807) is 20.8 Å². The molecule has 1 atom stereocenters. The Hall–Kier alpha value is -2.27. The molecule has 1 aromatic carbocycles. The lowest BCUT2D eigenvalue weighted by atomic mass is 10.1. The van der Waals surface area contributed by atoms with Crippen molar-refractivity contribution in [3.8, 4) is 0 Å². The Kier molecular flexibility index (Phi) is 7.52. The predicted molar refractivity (Wildman–Crippen MR) is 97.2 cm³/mol. The van der Waals surface area contributed by atoms with Gasteiger partial charge in [0, 0.05) is 5.70 Å². The van der Waals surface area contributed by atoms with Crippen LogP contribution in [0.15, 0.2) is 48.1 Å². The smallest absolute Gasteiger partial charge is 0.407 e. The zero-order chi connectivity index (χ0) is 18.2. The first kappa shape index (κ1) is 19.8. The van der Waals surface area contributed by atoms with Crippen LogP contribution in [-0.2, 0) is 4.74 Å². The van der Waals surface area contributed by atoms with E-state index >= 15 is 0 Å². The van der Waals surface area contributed by atoms with Crippen LogP contribution in [0.4, 0.5) is 4.79 Å². The Balaban J connectivity index is 2.63. The minimum absolute atomic E-state index is 0.164. The molecule has 5 nitrogen and oxygen atoms in total. The van der Waals surface area contributed by atoms with Crippen LogP contribution in [0.3, 0.4) is 0 Å². The molecule has 1 amide bonds. The van der Waals surface area contributed by atoms with Crippen LogP contribution >= 0.6 is 0 Å². The van der Waals surface area contributed by atoms with Gasteiger partial charge in [0.05, 0.1) is 12.6 Å². The molecule has 0 bridgehead atoms. The van der Waals surface area contributed by atoms with Gasteiger partial charge < -0.3 is 20.9 Å². The van der Waals surface area contributed by atoms with Crippen molar-refractivity contribution in [3.63, 3.8) is 0 Å². The molecule has 0 aliphatic heterocycles. The molecule has 0 aromatic heterocycles. The Morgan fingerprint density at radius 2 is 1.92 bits per heavy atom. The highest BCUT2D eigenvalue weighted by molar-refractivity contribution is 5.68. The van der Waals surface area contributed by atoms with Gasteiger partial charge in [0.1, 0.15) is 5.60 Å². The number of ether oxygens (including phenoxy) is 1. The van der Waals surface area contributed by atoms with Crippen LogP contribution in [0.2, 0.25) is 0 Å². The molecule has 0 saturated heterocycles. The molecule has 0 saturated carbocycles. The van der Waals surface area contributed by atoms with E-state index in [2.05, 4.69) is 5.32 Å². The van der Waals surface area contributed by atoms with E-state index in [0.717, 1.165) is 11.1 Å². The van der Waals surface area contributed by atoms with Crippen LogP contribution in [0.1, 0.15) is 39.7 Å². The number of alkyl carbamates (subject to hydrolysis) is 1. The molecule has 0 spiro atoms. The average molecular weight is 332 g/mol. The number of aliphatic hydroxyl groups excluding tert-OH is 1. The number of hydrogen-bond donors (Lipinski definition) is 3. The number of aliphatic hydroxyl groups is 1. The largest absolute Gasteiger partial charge is 0.444 e. The zero-order valence-corrected chi connectivity index (χ0v) is 14.9. The van der Waals surface area contributed by atoms with Gasteiger partial charge in [0.15, 0.2) is 0 Å². The molecule has 1 aromatic rings. The number of rotatable bonds is 6. The van der Waals surface area contributed by atoms with E-state index in [0.29, 0.717) is 12.1 Å². The summed E-state index contributed by atoms with van der Waals surface area (Å²) in [5.41, 5.74) is 8.07. The topological polar surface area (TPSA) is 84.6 Å². The zero-order valence-electron chi connectivity index (χ0n) is 14.9. The van der Waals surface area contributed by atoms with Crippen LogP contribution in [0.5, 0.6) is 0 Å². The monoisotopic (exact) mass is 332 g/mol. The quantitative estimate of drug-likeness (QED) is 0.698. The van der Waals surface area contributed by atoms with Crippen molar-refractivity contribution in [3.05, 3.63) is 53.6 Å². The fraction of sp³-hybridized carbons (Fsp3) is 0.421. The highest BCUT2D eigenvalue weighted by Crippen LogP contribution is 2.12. The van der Waals surface area contributed by atoms with Gasteiger partial charge >= 0.3 is 6.09 Å².